The molecule has 1 N–H and O–H groups in total. The Hall–Kier alpha value is -2.90. The van der Waals surface area contributed by atoms with E-state index in [9.17, 15) is 10.1 Å². The largest absolute Gasteiger partial charge is 0.294 e. The van der Waals surface area contributed by atoms with Gasteiger partial charge in [0.25, 0.3) is 5.69 Å². The van der Waals surface area contributed by atoms with Gasteiger partial charge in [-0.05, 0) is 37.3 Å². The van der Waals surface area contributed by atoms with Crippen LogP contribution in [0.4, 0.5) is 11.4 Å². The van der Waals surface area contributed by atoms with Crippen LogP contribution in [0.25, 0.3) is 5.69 Å². The van der Waals surface area contributed by atoms with Gasteiger partial charge in [0.05, 0.1) is 28.1 Å². The Morgan fingerprint density at radius 2 is 1.88 bits per heavy atom. The van der Waals surface area contributed by atoms with Crippen molar-refractivity contribution in [3.8, 4) is 5.69 Å². The van der Waals surface area contributed by atoms with Crippen LogP contribution in [-0.2, 0) is 0 Å². The molecule has 26 heavy (non-hydrogen) atoms. The van der Waals surface area contributed by atoms with Gasteiger partial charge in [0.15, 0.2) is 0 Å². The predicted octanol–water partition coefficient (Wildman–Crippen LogP) is 4.84. The van der Waals surface area contributed by atoms with Gasteiger partial charge < -0.3 is 0 Å². The van der Waals surface area contributed by atoms with E-state index in [1.165, 1.54) is 12.3 Å². The van der Waals surface area contributed by atoms with Crippen molar-refractivity contribution < 1.29 is 4.92 Å². The van der Waals surface area contributed by atoms with Gasteiger partial charge in [0.1, 0.15) is 10.8 Å². The van der Waals surface area contributed by atoms with Gasteiger partial charge in [0, 0.05) is 11.1 Å². The van der Waals surface area contributed by atoms with Gasteiger partial charge in [-0.15, -0.1) is 0 Å². The van der Waals surface area contributed by atoms with Crippen LogP contribution in [0.5, 0.6) is 0 Å². The second-order valence-corrected chi connectivity index (χ2v) is 6.12. The molecule has 132 valence electrons. The number of aryl methyl sites for hydroxylation is 1. The van der Waals surface area contributed by atoms with Crippen molar-refractivity contribution in [2.45, 2.75) is 6.92 Å². The minimum atomic E-state index is -0.478. The third-order valence-corrected chi connectivity index (χ3v) is 4.21. The number of hydrogen-bond acceptors (Lipinski definition) is 5. The van der Waals surface area contributed by atoms with E-state index < -0.39 is 4.92 Å². The number of hydrazone groups is 1. The molecule has 0 spiro atoms. The molecule has 0 radical (unpaired) electrons. The summed E-state index contributed by atoms with van der Waals surface area (Å²) in [6, 6.07) is 13.3. The van der Waals surface area contributed by atoms with Crippen LogP contribution >= 0.6 is 23.2 Å². The van der Waals surface area contributed by atoms with Crippen LogP contribution in [0.1, 0.15) is 11.3 Å². The molecule has 0 aliphatic heterocycles. The molecule has 3 aromatic rings. The molecular weight excluding hydrogens is 377 g/mol. The van der Waals surface area contributed by atoms with Gasteiger partial charge in [-0.2, -0.15) is 10.2 Å². The van der Waals surface area contributed by atoms with E-state index >= 15 is 0 Å². The van der Waals surface area contributed by atoms with Gasteiger partial charge >= 0.3 is 0 Å². The Bertz CT molecular complexity index is 983. The molecule has 0 aliphatic rings. The molecule has 1 heterocycles. The van der Waals surface area contributed by atoms with E-state index in [2.05, 4.69) is 15.6 Å². The molecule has 0 unspecified atom stereocenters. The number of anilines is 1. The highest BCUT2D eigenvalue weighted by atomic mass is 35.5. The fourth-order valence-corrected chi connectivity index (χ4v) is 2.75. The maximum absolute atomic E-state index is 11.0. The number of nitrogens with zero attached hydrogens (tertiary/aromatic N) is 4. The highest BCUT2D eigenvalue weighted by Gasteiger charge is 2.14. The Morgan fingerprint density at radius 3 is 2.58 bits per heavy atom. The smallest absolute Gasteiger partial charge is 0.272 e. The zero-order chi connectivity index (χ0) is 18.7. The number of nitrogens with one attached hydrogen (secondary N) is 1. The molecule has 3 rings (SSSR count). The molecule has 0 aliphatic carbocycles. The lowest BCUT2D eigenvalue weighted by molar-refractivity contribution is -0.384. The number of nitro benzene ring substituents is 1. The van der Waals surface area contributed by atoms with Crippen LogP contribution in [0.2, 0.25) is 10.2 Å². The van der Waals surface area contributed by atoms with Gasteiger partial charge in [-0.25, -0.2) is 4.68 Å². The zero-order valence-corrected chi connectivity index (χ0v) is 15.1. The quantitative estimate of drug-likeness (QED) is 0.384. The third kappa shape index (κ3) is 3.68. The molecule has 9 heteroatoms. The summed E-state index contributed by atoms with van der Waals surface area (Å²) in [6.07, 6.45) is 1.48. The monoisotopic (exact) mass is 389 g/mol. The number of nitro groups is 1. The standard InChI is InChI=1S/C17H13Cl2N5O2/c1-11-14(10-20-21-15-4-2-3-5-16(15)24(25)26)17(19)23(22-11)13-8-6-12(18)7-9-13/h2-10,21H,1H3/b20-10-. The lowest BCUT2D eigenvalue weighted by Gasteiger charge is -2.03. The second kappa shape index (κ2) is 7.55. The molecule has 0 fully saturated rings. The number of aromatic nitrogens is 2. The number of benzene rings is 2. The molecule has 0 bridgehead atoms. The van der Waals surface area contributed by atoms with E-state index in [1.807, 2.05) is 0 Å². The molecule has 0 saturated heterocycles. The van der Waals surface area contributed by atoms with Gasteiger partial charge in [-0.3, -0.25) is 15.5 Å². The van der Waals surface area contributed by atoms with Crippen molar-refractivity contribution in [3.05, 3.63) is 80.1 Å². The Morgan fingerprint density at radius 1 is 1.19 bits per heavy atom. The maximum Gasteiger partial charge on any atom is 0.294 e. The van der Waals surface area contributed by atoms with E-state index in [0.29, 0.717) is 21.4 Å². The van der Waals surface area contributed by atoms with Crippen molar-refractivity contribution in [2.24, 2.45) is 5.10 Å². The molecule has 0 atom stereocenters. The fourth-order valence-electron chi connectivity index (χ4n) is 2.30. The minimum absolute atomic E-state index is 0.0654. The number of para-hydroxylation sites is 2. The molecule has 2 aromatic carbocycles. The molecular formula is C17H13Cl2N5O2. The van der Waals surface area contributed by atoms with Crippen molar-refractivity contribution in [3.63, 3.8) is 0 Å². The molecule has 1 aromatic heterocycles. The summed E-state index contributed by atoms with van der Waals surface area (Å²) < 4.78 is 1.57. The highest BCUT2D eigenvalue weighted by Crippen LogP contribution is 2.25. The summed E-state index contributed by atoms with van der Waals surface area (Å²) in [7, 11) is 0. The number of hydrogen-bond donors (Lipinski definition) is 1. The van der Waals surface area contributed by atoms with Crippen molar-refractivity contribution in [1.82, 2.24) is 9.78 Å². The lowest BCUT2D eigenvalue weighted by atomic mass is 10.3. The Kier molecular flexibility index (Phi) is 5.20. The third-order valence-electron chi connectivity index (χ3n) is 3.60. The van der Waals surface area contributed by atoms with Crippen LogP contribution in [0, 0.1) is 17.0 Å². The van der Waals surface area contributed by atoms with E-state index in [4.69, 9.17) is 23.2 Å². The van der Waals surface area contributed by atoms with Crippen molar-refractivity contribution in [1.29, 1.82) is 0 Å². The highest BCUT2D eigenvalue weighted by molar-refractivity contribution is 6.32. The first-order chi connectivity index (χ1) is 12.5. The van der Waals surface area contributed by atoms with E-state index in [0.717, 1.165) is 5.69 Å². The van der Waals surface area contributed by atoms with Crippen LogP contribution < -0.4 is 5.43 Å². The SMILES string of the molecule is Cc1nn(-c2ccc(Cl)cc2)c(Cl)c1/C=N\Nc1ccccc1[N+](=O)[O-]. The predicted molar refractivity (Wildman–Crippen MR) is 103 cm³/mol. The normalized spacial score (nSPS) is 11.0. The van der Waals surface area contributed by atoms with E-state index in [-0.39, 0.29) is 11.4 Å². The summed E-state index contributed by atoms with van der Waals surface area (Å²) in [5.74, 6) is 0. The first kappa shape index (κ1) is 17.9. The number of halogens is 2. The first-order valence-electron chi connectivity index (χ1n) is 7.51. The summed E-state index contributed by atoms with van der Waals surface area (Å²) >= 11 is 12.3. The fraction of sp³-hybridized carbons (Fsp3) is 0.0588. The Balaban J connectivity index is 1.86. The number of rotatable bonds is 5. The summed E-state index contributed by atoms with van der Waals surface area (Å²) in [5, 5.41) is 20.5. The van der Waals surface area contributed by atoms with Gasteiger partial charge in [-0.1, -0.05) is 35.3 Å². The second-order valence-electron chi connectivity index (χ2n) is 5.32. The van der Waals surface area contributed by atoms with E-state index in [1.54, 1.807) is 54.1 Å². The molecule has 7 nitrogen and oxygen atoms in total. The lowest BCUT2D eigenvalue weighted by Crippen LogP contribution is -1.97. The van der Waals surface area contributed by atoms with Crippen molar-refractivity contribution in [2.75, 3.05) is 5.43 Å². The average Bonchev–Trinajstić information content (AvgIpc) is 2.91. The average molecular weight is 390 g/mol. The van der Waals surface area contributed by atoms with Gasteiger partial charge in [0.2, 0.25) is 0 Å². The van der Waals surface area contributed by atoms with Crippen LogP contribution in [0.15, 0.2) is 53.6 Å². The molecule has 0 amide bonds. The maximum atomic E-state index is 11.0. The van der Waals surface area contributed by atoms with Crippen molar-refractivity contribution >= 4 is 40.8 Å². The Labute approximate surface area is 159 Å². The minimum Gasteiger partial charge on any atom is -0.272 e. The topological polar surface area (TPSA) is 85.3 Å². The van der Waals surface area contributed by atoms with Crippen LogP contribution in [-0.4, -0.2) is 20.9 Å². The molecule has 0 saturated carbocycles. The zero-order valence-electron chi connectivity index (χ0n) is 13.6. The first-order valence-corrected chi connectivity index (χ1v) is 8.26. The van der Waals surface area contributed by atoms with Crippen LogP contribution in [0.3, 0.4) is 0 Å². The summed E-state index contributed by atoms with van der Waals surface area (Å²) in [4.78, 5) is 10.5. The summed E-state index contributed by atoms with van der Waals surface area (Å²) in [5.41, 5.74) is 4.92. The summed E-state index contributed by atoms with van der Waals surface area (Å²) in [6.45, 7) is 1.80.